The molecule has 3 heterocycles. The van der Waals surface area contributed by atoms with Crippen molar-refractivity contribution >= 4 is 39.3 Å². The summed E-state index contributed by atoms with van der Waals surface area (Å²) in [5.41, 5.74) is 7.95. The Labute approximate surface area is 197 Å². The van der Waals surface area contributed by atoms with Crippen LogP contribution in [-0.4, -0.2) is 20.6 Å². The first-order valence-corrected chi connectivity index (χ1v) is 10.8. The highest BCUT2D eigenvalue weighted by Crippen LogP contribution is 2.35. The second-order valence-electron chi connectivity index (χ2n) is 8.05. The predicted molar refractivity (Wildman–Crippen MR) is 129 cm³/mol. The molecule has 0 radical (unpaired) electrons. The number of aromatic amines is 1. The van der Waals surface area contributed by atoms with Crippen LogP contribution in [0, 0.1) is 0 Å². The van der Waals surface area contributed by atoms with E-state index in [0.29, 0.717) is 17.8 Å². The lowest BCUT2D eigenvalue weighted by molar-refractivity contribution is -0.136. The number of nitrogens with two attached hydrogens (primary N) is 1. The molecule has 0 saturated carbocycles. The second-order valence-corrected chi connectivity index (χ2v) is 8.05. The average Bonchev–Trinajstić information content (AvgIpc) is 3.47. The lowest BCUT2D eigenvalue weighted by Gasteiger charge is -2.16. The van der Waals surface area contributed by atoms with E-state index >= 15 is 0 Å². The van der Waals surface area contributed by atoms with Gasteiger partial charge in [-0.2, -0.15) is 13.2 Å². The Morgan fingerprint density at radius 1 is 1.03 bits per heavy atom. The molecule has 2 amide bonds. The third-order valence-corrected chi connectivity index (χ3v) is 5.83. The number of nitrogens with zero attached hydrogens (tertiary/aromatic N) is 2. The van der Waals surface area contributed by atoms with Crippen LogP contribution in [0.25, 0.3) is 21.9 Å². The van der Waals surface area contributed by atoms with E-state index in [4.69, 9.17) is 5.73 Å². The van der Waals surface area contributed by atoms with E-state index in [1.54, 1.807) is 18.3 Å². The Hall–Kier alpha value is -4.31. The molecule has 0 atom stereocenters. The number of rotatable bonds is 5. The molecule has 0 spiro atoms. The monoisotopic (exact) mass is 478 g/mol. The molecule has 5 rings (SSSR count). The highest BCUT2D eigenvalue weighted by molar-refractivity contribution is 6.06. The minimum atomic E-state index is -4.62. The molecule has 3 aromatic heterocycles. The minimum Gasteiger partial charge on any atom is -0.346 e. The van der Waals surface area contributed by atoms with E-state index in [1.807, 2.05) is 41.2 Å². The van der Waals surface area contributed by atoms with E-state index in [2.05, 4.69) is 20.6 Å². The summed E-state index contributed by atoms with van der Waals surface area (Å²) in [7, 11) is 0. The number of pyridine rings is 1. The van der Waals surface area contributed by atoms with Crippen molar-refractivity contribution in [2.75, 3.05) is 10.6 Å². The van der Waals surface area contributed by atoms with Crippen molar-refractivity contribution in [1.29, 1.82) is 0 Å². The summed E-state index contributed by atoms with van der Waals surface area (Å²) in [5, 5.41) is 6.78. The smallest absolute Gasteiger partial charge is 0.346 e. The van der Waals surface area contributed by atoms with Crippen LogP contribution < -0.4 is 16.4 Å². The van der Waals surface area contributed by atoms with Gasteiger partial charge >= 0.3 is 12.2 Å². The van der Waals surface area contributed by atoms with Crippen LogP contribution in [0.15, 0.2) is 73.2 Å². The van der Waals surface area contributed by atoms with Gasteiger partial charge in [0.15, 0.2) is 0 Å². The predicted octanol–water partition coefficient (Wildman–Crippen LogP) is 5.69. The summed E-state index contributed by atoms with van der Waals surface area (Å²) < 4.78 is 42.3. The Balaban J connectivity index is 1.41. The highest BCUT2D eigenvalue weighted by Gasteiger charge is 2.34. The van der Waals surface area contributed by atoms with Gasteiger partial charge in [0, 0.05) is 42.5 Å². The van der Waals surface area contributed by atoms with Crippen molar-refractivity contribution in [2.24, 2.45) is 5.73 Å². The average molecular weight is 478 g/mol. The van der Waals surface area contributed by atoms with Crippen molar-refractivity contribution < 1.29 is 18.0 Å². The summed E-state index contributed by atoms with van der Waals surface area (Å²) in [6.07, 6.45) is 0.860. The maximum atomic E-state index is 13.4. The van der Waals surface area contributed by atoms with Gasteiger partial charge in [-0.1, -0.05) is 12.1 Å². The fourth-order valence-electron chi connectivity index (χ4n) is 4.15. The number of nitrogens with one attached hydrogen (secondary N) is 3. The summed E-state index contributed by atoms with van der Waals surface area (Å²) in [5.74, 6) is 0. The molecule has 0 bridgehead atoms. The molecule has 35 heavy (non-hydrogen) atoms. The van der Waals surface area contributed by atoms with E-state index in [0.717, 1.165) is 33.6 Å². The topological polar surface area (TPSA) is 101 Å². The van der Waals surface area contributed by atoms with E-state index < -0.39 is 17.8 Å². The number of halogens is 3. The van der Waals surface area contributed by atoms with Crippen molar-refractivity contribution in [3.05, 3.63) is 89.9 Å². The van der Waals surface area contributed by atoms with Crippen molar-refractivity contribution in [3.8, 4) is 0 Å². The zero-order valence-corrected chi connectivity index (χ0v) is 18.4. The largest absolute Gasteiger partial charge is 0.418 e. The number of H-pyrrole nitrogens is 1. The summed E-state index contributed by atoms with van der Waals surface area (Å²) in [4.78, 5) is 20.1. The van der Waals surface area contributed by atoms with Gasteiger partial charge < -0.3 is 25.9 Å². The molecule has 178 valence electrons. The number of aromatic nitrogens is 3. The number of amides is 2. The first-order valence-electron chi connectivity index (χ1n) is 10.8. The number of carbonyl (C=O) groups is 1. The number of anilines is 2. The molecule has 2 aromatic carbocycles. The molecule has 0 fully saturated rings. The first-order chi connectivity index (χ1) is 16.8. The van der Waals surface area contributed by atoms with E-state index in [9.17, 15) is 18.0 Å². The summed E-state index contributed by atoms with van der Waals surface area (Å²) in [6, 6.07) is 13.8. The lowest BCUT2D eigenvalue weighted by Crippen LogP contribution is -2.22. The van der Waals surface area contributed by atoms with Crippen molar-refractivity contribution in [3.63, 3.8) is 0 Å². The van der Waals surface area contributed by atoms with E-state index in [-0.39, 0.29) is 12.2 Å². The highest BCUT2D eigenvalue weighted by atomic mass is 19.4. The van der Waals surface area contributed by atoms with Gasteiger partial charge in [0.1, 0.15) is 5.65 Å². The van der Waals surface area contributed by atoms with Gasteiger partial charge in [0.05, 0.1) is 22.5 Å². The Kier molecular flexibility index (Phi) is 5.65. The van der Waals surface area contributed by atoms with E-state index in [1.165, 1.54) is 12.1 Å². The normalized spacial score (nSPS) is 11.8. The van der Waals surface area contributed by atoms with Gasteiger partial charge in [0.2, 0.25) is 0 Å². The molecule has 5 N–H and O–H groups in total. The molecule has 0 aliphatic rings. The minimum absolute atomic E-state index is 0.0494. The molecule has 0 saturated heterocycles. The van der Waals surface area contributed by atoms with Gasteiger partial charge in [-0.15, -0.1) is 0 Å². The number of hydrogen-bond donors (Lipinski definition) is 4. The van der Waals surface area contributed by atoms with Gasteiger partial charge in [-0.05, 0) is 53.6 Å². The Morgan fingerprint density at radius 3 is 2.66 bits per heavy atom. The fourth-order valence-corrected chi connectivity index (χ4v) is 4.15. The van der Waals surface area contributed by atoms with Crippen LogP contribution >= 0.6 is 0 Å². The maximum Gasteiger partial charge on any atom is 0.418 e. The molecule has 0 aliphatic carbocycles. The SMILES string of the molecule is NCc1ccc(C(F)(F)F)c(NC(=O)Nc2cccc3c2ccn3Cc2ccnc3[nH]ccc23)c1. The summed E-state index contributed by atoms with van der Waals surface area (Å²) >= 11 is 0. The van der Waals surface area contributed by atoms with Gasteiger partial charge in [0.25, 0.3) is 0 Å². The number of hydrogen-bond acceptors (Lipinski definition) is 3. The molecule has 10 heteroatoms. The second kappa shape index (κ2) is 8.80. The summed E-state index contributed by atoms with van der Waals surface area (Å²) in [6.45, 7) is 0.630. The number of benzene rings is 2. The number of alkyl halides is 3. The van der Waals surface area contributed by atoms with Crippen LogP contribution in [0.1, 0.15) is 16.7 Å². The fraction of sp³-hybridized carbons (Fsp3) is 0.120. The van der Waals surface area contributed by atoms with Crippen molar-refractivity contribution in [2.45, 2.75) is 19.3 Å². The van der Waals surface area contributed by atoms with Crippen LogP contribution in [0.4, 0.5) is 29.3 Å². The standard InChI is InChI=1S/C25H21F3N6O/c26-25(27,28)19-5-4-15(13-29)12-21(19)33-24(35)32-20-2-1-3-22-18(20)8-11-34(22)14-16-6-9-30-23-17(16)7-10-31-23/h1-12H,13-14,29H2,(H,30,31)(H2,32,33,35). The number of carbonyl (C=O) groups excluding carboxylic acids is 1. The Morgan fingerprint density at radius 2 is 1.86 bits per heavy atom. The third-order valence-electron chi connectivity index (χ3n) is 5.83. The molecular formula is C25H21F3N6O. The molecule has 5 aromatic rings. The Bertz CT molecular complexity index is 1540. The van der Waals surface area contributed by atoms with Crippen molar-refractivity contribution in [1.82, 2.24) is 14.5 Å². The van der Waals surface area contributed by atoms with Gasteiger partial charge in [-0.25, -0.2) is 9.78 Å². The molecular weight excluding hydrogens is 457 g/mol. The molecule has 0 unspecified atom stereocenters. The zero-order chi connectivity index (χ0) is 24.6. The van der Waals surface area contributed by atoms with Crippen LogP contribution in [0.2, 0.25) is 0 Å². The molecule has 7 nitrogen and oxygen atoms in total. The third kappa shape index (κ3) is 4.43. The molecule has 0 aliphatic heterocycles. The zero-order valence-electron chi connectivity index (χ0n) is 18.4. The first kappa shape index (κ1) is 22.5. The van der Waals surface area contributed by atoms with Crippen LogP contribution in [0.3, 0.4) is 0 Å². The lowest BCUT2D eigenvalue weighted by atomic mass is 10.1. The quantitative estimate of drug-likeness (QED) is 0.261. The van der Waals surface area contributed by atoms with Crippen LogP contribution in [-0.2, 0) is 19.3 Å². The maximum absolute atomic E-state index is 13.4. The number of fused-ring (bicyclic) bond motifs is 2. The van der Waals surface area contributed by atoms with Gasteiger partial charge in [-0.3, -0.25) is 0 Å². The number of urea groups is 1. The van der Waals surface area contributed by atoms with Crippen LogP contribution in [0.5, 0.6) is 0 Å².